The van der Waals surface area contributed by atoms with Crippen molar-refractivity contribution < 1.29 is 19.0 Å². The average Bonchev–Trinajstić information content (AvgIpc) is 3.26. The van der Waals surface area contributed by atoms with Crippen LogP contribution in [0.25, 0.3) is 0 Å². The Kier molecular flexibility index (Phi) is 13.3. The number of nitrogens with one attached hydrogen (secondary N) is 2. The summed E-state index contributed by atoms with van der Waals surface area (Å²) in [5.74, 6) is 2.19. The molecule has 0 aromatic heterocycles. The molecule has 0 radical (unpaired) electrons. The van der Waals surface area contributed by atoms with Gasteiger partial charge in [0.05, 0.1) is 20.3 Å². The zero-order chi connectivity index (χ0) is 20.9. The normalized spacial score (nSPS) is 14.0. The van der Waals surface area contributed by atoms with Gasteiger partial charge in [0.15, 0.2) is 17.5 Å². The first-order chi connectivity index (χ1) is 14.2. The molecule has 0 bridgehead atoms. The largest absolute Gasteiger partial charge is 0.493 e. The molecular weight excluding hydrogens is 497 g/mol. The second kappa shape index (κ2) is 15.1. The van der Waals surface area contributed by atoms with Gasteiger partial charge in [-0.3, -0.25) is 9.79 Å². The number of ether oxygens (including phenoxy) is 3. The van der Waals surface area contributed by atoms with E-state index < -0.39 is 0 Å². The topological polar surface area (TPSA) is 81.2 Å². The lowest BCUT2D eigenvalue weighted by Crippen LogP contribution is -2.37. The van der Waals surface area contributed by atoms with E-state index in [4.69, 9.17) is 9.47 Å². The Morgan fingerprint density at radius 1 is 1.13 bits per heavy atom. The molecule has 0 unspecified atom stereocenters. The molecule has 7 nitrogen and oxygen atoms in total. The summed E-state index contributed by atoms with van der Waals surface area (Å²) in [5, 5.41) is 6.66. The highest BCUT2D eigenvalue weighted by Gasteiger charge is 2.20. The smallest absolute Gasteiger partial charge is 0.305 e. The molecule has 0 aliphatic heterocycles. The number of unbranched alkanes of at least 4 members (excludes halogenated alkanes) is 2. The SMILES string of the molecule is CN=C(NCCCCCC(=O)OC)NCc1cccc(OC)c1OC1CCCC1.I. The number of carbonyl (C=O) groups is 1. The van der Waals surface area contributed by atoms with Gasteiger partial charge in [0.1, 0.15) is 0 Å². The maximum Gasteiger partial charge on any atom is 0.305 e. The lowest BCUT2D eigenvalue weighted by atomic mass is 10.1. The number of hydrogen-bond acceptors (Lipinski definition) is 5. The Bertz CT molecular complexity index is 664. The predicted octanol–water partition coefficient (Wildman–Crippen LogP) is 4.03. The summed E-state index contributed by atoms with van der Waals surface area (Å²) < 4.78 is 16.5. The van der Waals surface area contributed by atoms with E-state index in [1.54, 1.807) is 14.2 Å². The van der Waals surface area contributed by atoms with Gasteiger partial charge in [-0.2, -0.15) is 0 Å². The quantitative estimate of drug-likeness (QED) is 0.147. The van der Waals surface area contributed by atoms with Gasteiger partial charge >= 0.3 is 5.97 Å². The lowest BCUT2D eigenvalue weighted by Gasteiger charge is -2.20. The summed E-state index contributed by atoms with van der Waals surface area (Å²) >= 11 is 0. The third-order valence-electron chi connectivity index (χ3n) is 5.11. The Hall–Kier alpha value is -1.71. The van der Waals surface area contributed by atoms with Gasteiger partial charge in [0, 0.05) is 32.1 Å². The van der Waals surface area contributed by atoms with Gasteiger partial charge in [-0.25, -0.2) is 0 Å². The number of guanidine groups is 1. The van der Waals surface area contributed by atoms with E-state index in [9.17, 15) is 4.79 Å². The molecule has 1 fully saturated rings. The number of nitrogens with zero attached hydrogens (tertiary/aromatic N) is 1. The Balaban J connectivity index is 0.00000450. The summed E-state index contributed by atoms with van der Waals surface area (Å²) in [6.07, 6.45) is 8.17. The highest BCUT2D eigenvalue weighted by Crippen LogP contribution is 2.34. The Morgan fingerprint density at radius 3 is 2.57 bits per heavy atom. The van der Waals surface area contributed by atoms with E-state index in [0.29, 0.717) is 13.0 Å². The lowest BCUT2D eigenvalue weighted by molar-refractivity contribution is -0.140. The standard InChI is InChI=1S/C22H35N3O4.HI/c1-23-22(24-15-8-4-5-14-20(26)28-3)25-16-17-10-9-13-19(27-2)21(17)29-18-11-6-7-12-18;/h9-10,13,18H,4-8,11-12,14-16H2,1-3H3,(H2,23,24,25);1H. The Labute approximate surface area is 197 Å². The molecule has 30 heavy (non-hydrogen) atoms. The molecule has 2 rings (SSSR count). The molecule has 1 aromatic carbocycles. The number of halogens is 1. The van der Waals surface area contributed by atoms with Crippen LogP contribution in [0.4, 0.5) is 0 Å². The number of benzene rings is 1. The average molecular weight is 533 g/mol. The predicted molar refractivity (Wildman–Crippen MR) is 130 cm³/mol. The number of aliphatic imine (C=N–C) groups is 1. The maximum atomic E-state index is 11.1. The van der Waals surface area contributed by atoms with Gasteiger partial charge in [0.25, 0.3) is 0 Å². The van der Waals surface area contributed by atoms with Crippen molar-refractivity contribution in [1.82, 2.24) is 10.6 Å². The minimum absolute atomic E-state index is 0. The fraction of sp³-hybridized carbons (Fsp3) is 0.636. The molecule has 1 saturated carbocycles. The first-order valence-electron chi connectivity index (χ1n) is 10.5. The fourth-order valence-electron chi connectivity index (χ4n) is 3.45. The van der Waals surface area contributed by atoms with Crippen LogP contribution in [0.1, 0.15) is 56.9 Å². The number of rotatable bonds is 11. The molecule has 1 aliphatic rings. The second-order valence-corrected chi connectivity index (χ2v) is 7.21. The molecule has 0 saturated heterocycles. The molecule has 1 aliphatic carbocycles. The molecular formula is C22H36IN3O4. The first-order valence-corrected chi connectivity index (χ1v) is 10.5. The van der Waals surface area contributed by atoms with Gasteiger partial charge in [0.2, 0.25) is 0 Å². The summed E-state index contributed by atoms with van der Waals surface area (Å²) in [6.45, 7) is 1.39. The highest BCUT2D eigenvalue weighted by atomic mass is 127. The van der Waals surface area contributed by atoms with Crippen molar-refractivity contribution in [3.63, 3.8) is 0 Å². The first kappa shape index (κ1) is 26.3. The van der Waals surface area contributed by atoms with Gasteiger partial charge < -0.3 is 24.8 Å². The van der Waals surface area contributed by atoms with Crippen LogP contribution in [0, 0.1) is 0 Å². The molecule has 1 aromatic rings. The minimum Gasteiger partial charge on any atom is -0.493 e. The zero-order valence-electron chi connectivity index (χ0n) is 18.4. The number of esters is 1. The van der Waals surface area contributed by atoms with Crippen LogP contribution >= 0.6 is 24.0 Å². The molecule has 0 heterocycles. The molecule has 0 amide bonds. The van der Waals surface area contributed by atoms with E-state index in [0.717, 1.165) is 61.7 Å². The van der Waals surface area contributed by atoms with Crippen LogP contribution in [-0.2, 0) is 16.1 Å². The van der Waals surface area contributed by atoms with Crippen molar-refractivity contribution in [2.75, 3.05) is 27.8 Å². The van der Waals surface area contributed by atoms with E-state index >= 15 is 0 Å². The van der Waals surface area contributed by atoms with Crippen molar-refractivity contribution in [3.05, 3.63) is 23.8 Å². The summed E-state index contributed by atoms with van der Waals surface area (Å²) in [6, 6.07) is 5.98. The van der Waals surface area contributed by atoms with Crippen LogP contribution in [0.3, 0.4) is 0 Å². The minimum atomic E-state index is -0.149. The van der Waals surface area contributed by atoms with Crippen molar-refractivity contribution in [3.8, 4) is 11.5 Å². The monoisotopic (exact) mass is 533 g/mol. The molecule has 8 heteroatoms. The van der Waals surface area contributed by atoms with E-state index in [2.05, 4.69) is 26.4 Å². The van der Waals surface area contributed by atoms with Crippen molar-refractivity contribution >= 4 is 35.9 Å². The van der Waals surface area contributed by atoms with E-state index in [1.807, 2.05) is 12.1 Å². The van der Waals surface area contributed by atoms with E-state index in [-0.39, 0.29) is 36.0 Å². The van der Waals surface area contributed by atoms with Crippen LogP contribution in [-0.4, -0.2) is 45.8 Å². The molecule has 0 spiro atoms. The van der Waals surface area contributed by atoms with Crippen molar-refractivity contribution in [1.29, 1.82) is 0 Å². The van der Waals surface area contributed by atoms with Crippen LogP contribution < -0.4 is 20.1 Å². The summed E-state index contributed by atoms with van der Waals surface area (Å²) in [5.41, 5.74) is 1.05. The van der Waals surface area contributed by atoms with Gasteiger partial charge in [-0.1, -0.05) is 18.6 Å². The maximum absolute atomic E-state index is 11.1. The molecule has 170 valence electrons. The third kappa shape index (κ3) is 8.97. The molecule has 0 atom stereocenters. The fourth-order valence-corrected chi connectivity index (χ4v) is 3.45. The summed E-state index contributed by atoms with van der Waals surface area (Å²) in [7, 11) is 4.86. The number of hydrogen-bond donors (Lipinski definition) is 2. The highest BCUT2D eigenvalue weighted by molar-refractivity contribution is 14.0. The number of methoxy groups -OCH3 is 2. The van der Waals surface area contributed by atoms with E-state index in [1.165, 1.54) is 20.0 Å². The van der Waals surface area contributed by atoms with Crippen LogP contribution in [0.15, 0.2) is 23.2 Å². The third-order valence-corrected chi connectivity index (χ3v) is 5.11. The molecule has 2 N–H and O–H groups in total. The van der Waals surface area contributed by atoms with Crippen molar-refractivity contribution in [2.45, 2.75) is 64.0 Å². The van der Waals surface area contributed by atoms with Crippen molar-refractivity contribution in [2.24, 2.45) is 4.99 Å². The number of para-hydroxylation sites is 1. The zero-order valence-corrected chi connectivity index (χ0v) is 20.7. The second-order valence-electron chi connectivity index (χ2n) is 7.21. The van der Waals surface area contributed by atoms with Gasteiger partial charge in [-0.05, 0) is 44.6 Å². The number of carbonyl (C=O) groups excluding carboxylic acids is 1. The Morgan fingerprint density at radius 2 is 1.90 bits per heavy atom. The van der Waals surface area contributed by atoms with Crippen LogP contribution in [0.2, 0.25) is 0 Å². The summed E-state index contributed by atoms with van der Waals surface area (Å²) in [4.78, 5) is 15.4. The van der Waals surface area contributed by atoms with Gasteiger partial charge in [-0.15, -0.1) is 24.0 Å². The van der Waals surface area contributed by atoms with Crippen LogP contribution in [0.5, 0.6) is 11.5 Å².